The molecule has 1 fully saturated rings. The second kappa shape index (κ2) is 9.68. The summed E-state index contributed by atoms with van der Waals surface area (Å²) in [6.45, 7) is 9.05. The number of fused-ring (bicyclic) bond motifs is 1. The van der Waals surface area contributed by atoms with E-state index in [9.17, 15) is 9.18 Å². The van der Waals surface area contributed by atoms with Gasteiger partial charge >= 0.3 is 0 Å². The molecule has 2 aromatic rings. The topological polar surface area (TPSA) is 71.4 Å². The highest BCUT2D eigenvalue weighted by atomic mass is 19.1. The number of hydrogen-bond donors (Lipinski definition) is 2. The molecule has 0 bridgehead atoms. The maximum atomic E-state index is 13.9. The second-order valence-electron chi connectivity index (χ2n) is 9.40. The molecule has 0 spiro atoms. The van der Waals surface area contributed by atoms with Crippen LogP contribution in [0.15, 0.2) is 24.3 Å². The van der Waals surface area contributed by atoms with Crippen LogP contribution in [0.1, 0.15) is 47.6 Å². The number of aryl methyl sites for hydroxylation is 1. The first-order chi connectivity index (χ1) is 15.3. The number of hydrogen-bond acceptors (Lipinski definition) is 5. The Kier molecular flexibility index (Phi) is 6.93. The summed E-state index contributed by atoms with van der Waals surface area (Å²) in [7, 11) is 1.89. The van der Waals surface area contributed by atoms with Crippen molar-refractivity contribution in [1.82, 2.24) is 25.3 Å². The molecular formula is C24H34FN5O2. The van der Waals surface area contributed by atoms with Gasteiger partial charge in [-0.25, -0.2) is 4.39 Å². The first kappa shape index (κ1) is 22.9. The third-order valence-electron chi connectivity index (χ3n) is 6.76. The van der Waals surface area contributed by atoms with Crippen LogP contribution < -0.4 is 10.6 Å². The number of morpholine rings is 1. The van der Waals surface area contributed by atoms with Crippen LogP contribution in [0.25, 0.3) is 0 Å². The average Bonchev–Trinajstić information content (AvgIpc) is 3.13. The molecule has 32 heavy (non-hydrogen) atoms. The highest BCUT2D eigenvalue weighted by molar-refractivity contribution is 5.94. The highest BCUT2D eigenvalue weighted by Crippen LogP contribution is 2.25. The molecule has 2 N–H and O–H groups in total. The lowest BCUT2D eigenvalue weighted by Gasteiger charge is -2.42. The van der Waals surface area contributed by atoms with Crippen LogP contribution in [0.3, 0.4) is 0 Å². The Balaban J connectivity index is 1.39. The van der Waals surface area contributed by atoms with Crippen molar-refractivity contribution >= 4 is 5.91 Å². The molecule has 1 aromatic heterocycles. The molecule has 2 aliphatic rings. The number of carbonyl (C=O) groups is 1. The number of nitrogens with one attached hydrogen (secondary N) is 2. The Hall–Kier alpha value is -2.29. The summed E-state index contributed by atoms with van der Waals surface area (Å²) >= 11 is 0. The van der Waals surface area contributed by atoms with E-state index in [2.05, 4.69) is 34.5 Å². The summed E-state index contributed by atoms with van der Waals surface area (Å²) in [4.78, 5) is 15.4. The van der Waals surface area contributed by atoms with E-state index < -0.39 is 0 Å². The molecule has 1 aliphatic carbocycles. The van der Waals surface area contributed by atoms with Crippen molar-refractivity contribution in [3.8, 4) is 0 Å². The number of aromatic nitrogens is 2. The Labute approximate surface area is 189 Å². The molecule has 174 valence electrons. The lowest BCUT2D eigenvalue weighted by Crippen LogP contribution is -2.56. The van der Waals surface area contributed by atoms with Gasteiger partial charge in [-0.2, -0.15) is 5.10 Å². The van der Waals surface area contributed by atoms with Gasteiger partial charge in [0, 0.05) is 61.6 Å². The molecule has 1 atom stereocenters. The maximum absolute atomic E-state index is 13.9. The molecule has 7 nitrogen and oxygen atoms in total. The molecule has 1 aromatic carbocycles. The fraction of sp³-hybridized carbons (Fsp3) is 0.583. The van der Waals surface area contributed by atoms with Crippen molar-refractivity contribution in [3.05, 3.63) is 52.6 Å². The predicted octanol–water partition coefficient (Wildman–Crippen LogP) is 2.05. The van der Waals surface area contributed by atoms with Gasteiger partial charge in [-0.1, -0.05) is 18.2 Å². The van der Waals surface area contributed by atoms with Crippen LogP contribution in [0, 0.1) is 5.82 Å². The third kappa shape index (κ3) is 5.03. The van der Waals surface area contributed by atoms with E-state index in [1.807, 2.05) is 11.7 Å². The van der Waals surface area contributed by atoms with E-state index in [0.29, 0.717) is 17.3 Å². The molecule has 1 aliphatic heterocycles. The van der Waals surface area contributed by atoms with Crippen molar-refractivity contribution in [2.75, 3.05) is 32.8 Å². The normalized spacial score (nSPS) is 19.6. The van der Waals surface area contributed by atoms with Crippen molar-refractivity contribution in [1.29, 1.82) is 0 Å². The summed E-state index contributed by atoms with van der Waals surface area (Å²) in [6, 6.07) is 6.79. The molecule has 0 saturated carbocycles. The van der Waals surface area contributed by atoms with Crippen LogP contribution in [0.4, 0.5) is 4.39 Å². The van der Waals surface area contributed by atoms with E-state index in [0.717, 1.165) is 63.4 Å². The lowest BCUT2D eigenvalue weighted by molar-refractivity contribution is -0.0104. The summed E-state index contributed by atoms with van der Waals surface area (Å²) in [6.07, 6.45) is 2.67. The van der Waals surface area contributed by atoms with Gasteiger partial charge in [0.2, 0.25) is 0 Å². The summed E-state index contributed by atoms with van der Waals surface area (Å²) in [5, 5.41) is 11.1. The molecule has 8 heteroatoms. The summed E-state index contributed by atoms with van der Waals surface area (Å²) < 4.78 is 21.2. The van der Waals surface area contributed by atoms with Crippen LogP contribution in [-0.4, -0.2) is 65.0 Å². The predicted molar refractivity (Wildman–Crippen MR) is 121 cm³/mol. The largest absolute Gasteiger partial charge is 0.379 e. The highest BCUT2D eigenvalue weighted by Gasteiger charge is 2.32. The fourth-order valence-electron chi connectivity index (χ4n) is 4.72. The molecule has 2 heterocycles. The Morgan fingerprint density at radius 3 is 2.78 bits per heavy atom. The van der Waals surface area contributed by atoms with Crippen LogP contribution >= 0.6 is 0 Å². The minimum absolute atomic E-state index is 0.0406. The third-order valence-corrected chi connectivity index (χ3v) is 6.76. The van der Waals surface area contributed by atoms with Crippen LogP contribution in [0.2, 0.25) is 0 Å². The molecule has 4 rings (SSSR count). The van der Waals surface area contributed by atoms with Crippen molar-refractivity contribution < 1.29 is 13.9 Å². The lowest BCUT2D eigenvalue weighted by atomic mass is 9.90. The van der Waals surface area contributed by atoms with E-state index in [4.69, 9.17) is 4.74 Å². The number of amides is 1. The van der Waals surface area contributed by atoms with Crippen molar-refractivity contribution in [2.24, 2.45) is 7.05 Å². The smallest absolute Gasteiger partial charge is 0.272 e. The molecule has 0 unspecified atom stereocenters. The number of rotatable bonds is 7. The standard InChI is InChI=1S/C24H34FN5O2/c1-24(2,30-10-12-32-13-11-30)16-27-18-8-9-21-19(14-18)22(28-29(21)3)23(31)26-15-17-6-4-5-7-20(17)25/h4-7,18,27H,8-16H2,1-3H3,(H,26,31)/t18-/m0/s1. The zero-order valence-corrected chi connectivity index (χ0v) is 19.3. The Morgan fingerprint density at radius 1 is 1.28 bits per heavy atom. The first-order valence-electron chi connectivity index (χ1n) is 11.5. The van der Waals surface area contributed by atoms with Gasteiger partial charge in [0.25, 0.3) is 5.91 Å². The quantitative estimate of drug-likeness (QED) is 0.685. The van der Waals surface area contributed by atoms with Gasteiger partial charge in [-0.05, 0) is 39.2 Å². The zero-order chi connectivity index (χ0) is 22.7. The zero-order valence-electron chi connectivity index (χ0n) is 19.3. The second-order valence-corrected chi connectivity index (χ2v) is 9.40. The number of nitrogens with zero attached hydrogens (tertiary/aromatic N) is 3. The van der Waals surface area contributed by atoms with Crippen LogP contribution in [0.5, 0.6) is 0 Å². The van der Waals surface area contributed by atoms with Crippen molar-refractivity contribution in [3.63, 3.8) is 0 Å². The SMILES string of the molecule is Cn1nc(C(=O)NCc2ccccc2F)c2c1CC[C@H](NCC(C)(C)N1CCOCC1)C2. The van der Waals surface area contributed by atoms with Gasteiger partial charge in [0.05, 0.1) is 13.2 Å². The van der Waals surface area contributed by atoms with E-state index >= 15 is 0 Å². The van der Waals surface area contributed by atoms with Gasteiger partial charge in [-0.3, -0.25) is 14.4 Å². The number of carbonyl (C=O) groups excluding carboxylic acids is 1. The number of halogens is 1. The molecule has 0 radical (unpaired) electrons. The fourth-order valence-corrected chi connectivity index (χ4v) is 4.72. The van der Waals surface area contributed by atoms with Crippen LogP contribution in [-0.2, 0) is 31.2 Å². The molecular weight excluding hydrogens is 409 g/mol. The Morgan fingerprint density at radius 2 is 2.03 bits per heavy atom. The average molecular weight is 444 g/mol. The van der Waals surface area contributed by atoms with Gasteiger partial charge < -0.3 is 15.4 Å². The van der Waals surface area contributed by atoms with Crippen molar-refractivity contribution in [2.45, 2.75) is 51.2 Å². The summed E-state index contributed by atoms with van der Waals surface area (Å²) in [5.41, 5.74) is 3.09. The maximum Gasteiger partial charge on any atom is 0.272 e. The molecule has 1 amide bonds. The number of ether oxygens (including phenoxy) is 1. The van der Waals surface area contributed by atoms with Gasteiger partial charge in [-0.15, -0.1) is 0 Å². The van der Waals surface area contributed by atoms with Gasteiger partial charge in [0.1, 0.15) is 5.82 Å². The summed E-state index contributed by atoms with van der Waals surface area (Å²) in [5.74, 6) is -0.567. The molecule has 1 saturated heterocycles. The van der Waals surface area contributed by atoms with E-state index in [1.165, 1.54) is 6.07 Å². The first-order valence-corrected chi connectivity index (χ1v) is 11.5. The van der Waals surface area contributed by atoms with Gasteiger partial charge in [0.15, 0.2) is 5.69 Å². The van der Waals surface area contributed by atoms with E-state index in [1.54, 1.807) is 18.2 Å². The Bertz CT molecular complexity index is 952. The number of benzene rings is 1. The van der Waals surface area contributed by atoms with E-state index in [-0.39, 0.29) is 23.8 Å². The monoisotopic (exact) mass is 443 g/mol. The minimum atomic E-state index is -0.317. The minimum Gasteiger partial charge on any atom is -0.379 e.